The lowest BCUT2D eigenvalue weighted by Gasteiger charge is -2.11. The Morgan fingerprint density at radius 3 is 2.89 bits per heavy atom. The molecule has 1 fully saturated rings. The van der Waals surface area contributed by atoms with Crippen molar-refractivity contribution in [3.8, 4) is 0 Å². The van der Waals surface area contributed by atoms with Gasteiger partial charge in [0.15, 0.2) is 0 Å². The van der Waals surface area contributed by atoms with Crippen molar-refractivity contribution in [3.05, 3.63) is 39.9 Å². The summed E-state index contributed by atoms with van der Waals surface area (Å²) in [6.07, 6.45) is 0.604. The van der Waals surface area contributed by atoms with Crippen LogP contribution in [0, 0.1) is 10.1 Å². The molecule has 1 aliphatic heterocycles. The molecule has 0 radical (unpaired) electrons. The highest BCUT2D eigenvalue weighted by Crippen LogP contribution is 2.13. The number of nitro benzene ring substituents is 1. The summed E-state index contributed by atoms with van der Waals surface area (Å²) in [5.74, 6) is -0.327. The summed E-state index contributed by atoms with van der Waals surface area (Å²) >= 11 is 0. The molecule has 0 spiro atoms. The summed E-state index contributed by atoms with van der Waals surface area (Å²) in [6, 6.07) is 5.94. The minimum absolute atomic E-state index is 0.0893. The van der Waals surface area contributed by atoms with Crippen LogP contribution in [-0.4, -0.2) is 23.0 Å². The predicted octanol–water partition coefficient (Wildman–Crippen LogP) is 0.537. The van der Waals surface area contributed by atoms with E-state index in [-0.39, 0.29) is 29.4 Å². The van der Waals surface area contributed by atoms with Crippen LogP contribution in [0.4, 0.5) is 5.69 Å². The quantitative estimate of drug-likeness (QED) is 0.537. The Morgan fingerprint density at radius 2 is 2.28 bits per heavy atom. The van der Waals surface area contributed by atoms with Gasteiger partial charge in [-0.3, -0.25) is 20.3 Å². The molecule has 18 heavy (non-hydrogen) atoms. The normalized spacial score (nSPS) is 22.7. The van der Waals surface area contributed by atoms with Gasteiger partial charge in [0.1, 0.15) is 0 Å². The number of hydrogen-bond acceptors (Lipinski definition) is 5. The maximum absolute atomic E-state index is 11.9. The molecule has 0 saturated carbocycles. The SMILES string of the molecule is CC1CC(NC(=O)c2cccc([N+](=O)[O-])c2)NN1. The third-order valence-electron chi connectivity index (χ3n) is 2.72. The summed E-state index contributed by atoms with van der Waals surface area (Å²) < 4.78 is 0. The molecule has 0 bridgehead atoms. The summed E-state index contributed by atoms with van der Waals surface area (Å²) in [5.41, 5.74) is 6.11. The van der Waals surface area contributed by atoms with Crippen molar-refractivity contribution < 1.29 is 9.72 Å². The first-order chi connectivity index (χ1) is 8.56. The summed E-state index contributed by atoms with van der Waals surface area (Å²) in [6.45, 7) is 1.99. The summed E-state index contributed by atoms with van der Waals surface area (Å²) in [4.78, 5) is 22.0. The number of hydrogen-bond donors (Lipinski definition) is 3. The second-order valence-electron chi connectivity index (χ2n) is 4.26. The van der Waals surface area contributed by atoms with E-state index in [1.165, 1.54) is 18.2 Å². The van der Waals surface area contributed by atoms with Gasteiger partial charge >= 0.3 is 0 Å². The molecular weight excluding hydrogens is 236 g/mol. The zero-order chi connectivity index (χ0) is 13.1. The van der Waals surface area contributed by atoms with Gasteiger partial charge in [0, 0.05) is 23.7 Å². The van der Waals surface area contributed by atoms with E-state index in [1.54, 1.807) is 6.07 Å². The van der Waals surface area contributed by atoms with Crippen LogP contribution >= 0.6 is 0 Å². The van der Waals surface area contributed by atoms with Crippen molar-refractivity contribution in [3.63, 3.8) is 0 Å². The van der Waals surface area contributed by atoms with Crippen LogP contribution in [0.15, 0.2) is 24.3 Å². The third kappa shape index (κ3) is 2.82. The van der Waals surface area contributed by atoms with Gasteiger partial charge in [0.2, 0.25) is 0 Å². The Bertz CT molecular complexity index is 477. The lowest BCUT2D eigenvalue weighted by atomic mass is 10.1. The largest absolute Gasteiger partial charge is 0.335 e. The number of nitrogens with one attached hydrogen (secondary N) is 3. The van der Waals surface area contributed by atoms with Crippen molar-refractivity contribution in [2.75, 3.05) is 0 Å². The first-order valence-corrected chi connectivity index (χ1v) is 5.62. The summed E-state index contributed by atoms with van der Waals surface area (Å²) in [7, 11) is 0. The van der Waals surface area contributed by atoms with Gasteiger partial charge in [-0.1, -0.05) is 6.07 Å². The lowest BCUT2D eigenvalue weighted by Crippen LogP contribution is -2.44. The van der Waals surface area contributed by atoms with Crippen LogP contribution in [0.2, 0.25) is 0 Å². The molecule has 1 saturated heterocycles. The van der Waals surface area contributed by atoms with Crippen molar-refractivity contribution >= 4 is 11.6 Å². The fraction of sp³-hybridized carbons (Fsp3) is 0.364. The van der Waals surface area contributed by atoms with Crippen molar-refractivity contribution in [1.29, 1.82) is 0 Å². The molecular formula is C11H14N4O3. The summed E-state index contributed by atoms with van der Waals surface area (Å²) in [5, 5.41) is 13.4. The van der Waals surface area contributed by atoms with E-state index in [9.17, 15) is 14.9 Å². The van der Waals surface area contributed by atoms with E-state index in [0.29, 0.717) is 0 Å². The highest BCUT2D eigenvalue weighted by Gasteiger charge is 2.22. The van der Waals surface area contributed by atoms with Crippen molar-refractivity contribution in [2.45, 2.75) is 25.6 Å². The average molecular weight is 250 g/mol. The molecule has 0 aliphatic carbocycles. The molecule has 1 aliphatic rings. The standard InChI is InChI=1S/C11H14N4O3/c1-7-5-10(14-13-7)12-11(16)8-3-2-4-9(6-8)15(17)18/h2-4,6-7,10,13-14H,5H2,1H3,(H,12,16). The van der Waals surface area contributed by atoms with E-state index in [0.717, 1.165) is 6.42 Å². The fourth-order valence-electron chi connectivity index (χ4n) is 1.81. The third-order valence-corrected chi connectivity index (χ3v) is 2.72. The molecule has 7 heteroatoms. The van der Waals surface area contributed by atoms with Gasteiger partial charge in [0.25, 0.3) is 11.6 Å². The van der Waals surface area contributed by atoms with Gasteiger partial charge in [-0.05, 0) is 19.4 Å². The van der Waals surface area contributed by atoms with Gasteiger partial charge in [-0.25, -0.2) is 5.43 Å². The van der Waals surface area contributed by atoms with Crippen LogP contribution in [0.25, 0.3) is 0 Å². The minimum atomic E-state index is -0.520. The number of carbonyl (C=O) groups is 1. The van der Waals surface area contributed by atoms with Gasteiger partial charge in [0.05, 0.1) is 11.1 Å². The molecule has 1 aromatic rings. The van der Waals surface area contributed by atoms with E-state index < -0.39 is 4.92 Å². The number of nitrogens with zero attached hydrogens (tertiary/aromatic N) is 1. The number of non-ortho nitro benzene ring substituents is 1. The monoisotopic (exact) mass is 250 g/mol. The van der Waals surface area contributed by atoms with Crippen LogP contribution < -0.4 is 16.2 Å². The Labute approximate surface area is 104 Å². The van der Waals surface area contributed by atoms with E-state index in [1.807, 2.05) is 6.92 Å². The highest BCUT2D eigenvalue weighted by atomic mass is 16.6. The van der Waals surface area contributed by atoms with E-state index in [4.69, 9.17) is 0 Å². The smallest absolute Gasteiger partial charge is 0.270 e. The van der Waals surface area contributed by atoms with Gasteiger partial charge in [-0.15, -0.1) is 0 Å². The molecule has 7 nitrogen and oxygen atoms in total. The molecule has 96 valence electrons. The maximum Gasteiger partial charge on any atom is 0.270 e. The number of amides is 1. The zero-order valence-electron chi connectivity index (χ0n) is 9.84. The van der Waals surface area contributed by atoms with E-state index in [2.05, 4.69) is 16.2 Å². The van der Waals surface area contributed by atoms with Crippen molar-refractivity contribution in [2.24, 2.45) is 0 Å². The number of rotatable bonds is 3. The van der Waals surface area contributed by atoms with Crippen LogP contribution in [0.5, 0.6) is 0 Å². The fourth-order valence-corrected chi connectivity index (χ4v) is 1.81. The molecule has 1 heterocycles. The van der Waals surface area contributed by atoms with Crippen molar-refractivity contribution in [1.82, 2.24) is 16.2 Å². The number of hydrazine groups is 1. The Morgan fingerprint density at radius 1 is 1.50 bits per heavy atom. The number of benzene rings is 1. The molecule has 2 rings (SSSR count). The second-order valence-corrected chi connectivity index (χ2v) is 4.26. The molecule has 2 atom stereocenters. The van der Waals surface area contributed by atoms with Crippen LogP contribution in [0.1, 0.15) is 23.7 Å². The van der Waals surface area contributed by atoms with Gasteiger partial charge in [-0.2, -0.15) is 0 Å². The van der Waals surface area contributed by atoms with Gasteiger partial charge < -0.3 is 5.32 Å². The Kier molecular flexibility index (Phi) is 3.54. The van der Waals surface area contributed by atoms with Crippen LogP contribution in [-0.2, 0) is 0 Å². The first kappa shape index (κ1) is 12.5. The Balaban J connectivity index is 2.04. The molecule has 1 aromatic carbocycles. The zero-order valence-corrected chi connectivity index (χ0v) is 9.84. The molecule has 0 aromatic heterocycles. The van der Waals surface area contributed by atoms with Crippen LogP contribution in [0.3, 0.4) is 0 Å². The first-order valence-electron chi connectivity index (χ1n) is 5.62. The second kappa shape index (κ2) is 5.11. The predicted molar refractivity (Wildman–Crippen MR) is 64.7 cm³/mol. The number of nitro groups is 1. The average Bonchev–Trinajstić information content (AvgIpc) is 2.75. The number of carbonyl (C=O) groups excluding carboxylic acids is 1. The minimum Gasteiger partial charge on any atom is -0.335 e. The molecule has 1 amide bonds. The Hall–Kier alpha value is -1.99. The lowest BCUT2D eigenvalue weighted by molar-refractivity contribution is -0.384. The highest BCUT2D eigenvalue weighted by molar-refractivity contribution is 5.94. The topological polar surface area (TPSA) is 96.3 Å². The van der Waals surface area contributed by atoms with E-state index >= 15 is 0 Å². The molecule has 3 N–H and O–H groups in total. The maximum atomic E-state index is 11.9. The molecule has 2 unspecified atom stereocenters.